The summed E-state index contributed by atoms with van der Waals surface area (Å²) >= 11 is 0.724. The lowest BCUT2D eigenvalue weighted by Gasteiger charge is -2.44. The fourth-order valence-electron chi connectivity index (χ4n) is 4.43. The van der Waals surface area contributed by atoms with Crippen LogP contribution in [0.1, 0.15) is 74.8 Å². The molecule has 1 saturated heterocycles. The first-order valence-corrected chi connectivity index (χ1v) is 11.0. The lowest BCUT2D eigenvalue weighted by atomic mass is 9.77. The fraction of sp³-hybridized carbons (Fsp3) is 0.667. The number of amides is 1. The zero-order valence-corrected chi connectivity index (χ0v) is 19.4. The van der Waals surface area contributed by atoms with Crippen molar-refractivity contribution in [3.05, 3.63) is 33.5 Å². The lowest BCUT2D eigenvalue weighted by molar-refractivity contribution is -0.134. The van der Waals surface area contributed by atoms with Crippen LogP contribution in [0.25, 0.3) is 0 Å². The quantitative estimate of drug-likeness (QED) is 0.660. The third kappa shape index (κ3) is 4.44. The van der Waals surface area contributed by atoms with E-state index < -0.39 is 22.6 Å². The van der Waals surface area contributed by atoms with Crippen molar-refractivity contribution in [2.75, 3.05) is 6.54 Å². The summed E-state index contributed by atoms with van der Waals surface area (Å²) in [6.07, 6.45) is -4.04. The van der Waals surface area contributed by atoms with Crippen LogP contribution < -0.4 is 0 Å². The van der Waals surface area contributed by atoms with Crippen molar-refractivity contribution in [3.63, 3.8) is 0 Å². The summed E-state index contributed by atoms with van der Waals surface area (Å²) in [5.74, 6) is 1.36. The van der Waals surface area contributed by atoms with Gasteiger partial charge in [-0.05, 0) is 44.2 Å². The largest absolute Gasteiger partial charge is 0.465 e. The molecule has 6 nitrogen and oxygen atoms in total. The second-order valence-corrected chi connectivity index (χ2v) is 10.9. The Morgan fingerprint density at radius 1 is 1.13 bits per heavy atom. The minimum Gasteiger partial charge on any atom is -0.465 e. The Morgan fingerprint density at radius 2 is 1.74 bits per heavy atom. The van der Waals surface area contributed by atoms with Crippen molar-refractivity contribution in [2.24, 2.45) is 12.5 Å². The van der Waals surface area contributed by atoms with Gasteiger partial charge in [-0.25, -0.2) is 4.79 Å². The second-order valence-electron chi connectivity index (χ2n) is 9.81. The van der Waals surface area contributed by atoms with Crippen molar-refractivity contribution in [3.8, 4) is 0 Å². The minimum absolute atomic E-state index is 0.0240. The van der Waals surface area contributed by atoms with Gasteiger partial charge in [-0.3, -0.25) is 0 Å². The van der Waals surface area contributed by atoms with Gasteiger partial charge < -0.3 is 14.6 Å². The van der Waals surface area contributed by atoms with Crippen LogP contribution in [-0.4, -0.2) is 43.5 Å². The zero-order valence-electron chi connectivity index (χ0n) is 18.6. The molecule has 1 N–H and O–H groups in total. The highest BCUT2D eigenvalue weighted by atomic mass is 32.1. The molecule has 2 atom stereocenters. The molecule has 2 aromatic rings. The van der Waals surface area contributed by atoms with Crippen molar-refractivity contribution in [2.45, 2.75) is 71.0 Å². The van der Waals surface area contributed by atoms with E-state index in [1.165, 1.54) is 11.0 Å². The molecule has 0 radical (unpaired) electrons. The number of piperidine rings is 1. The molecule has 0 saturated carbocycles. The Labute approximate surface area is 184 Å². The first-order chi connectivity index (χ1) is 14.1. The SMILES string of the molecule is Cn1c(C2CCN(C(=O)O)C(C(C)(C)C)C2)nnc1C(C)(C)c1ccc(C(F)(F)F)s1. The van der Waals surface area contributed by atoms with Crippen molar-refractivity contribution in [1.29, 1.82) is 0 Å². The molecule has 31 heavy (non-hydrogen) atoms. The Bertz CT molecular complexity index is 959. The summed E-state index contributed by atoms with van der Waals surface area (Å²) in [4.78, 5) is 13.1. The van der Waals surface area contributed by atoms with Crippen molar-refractivity contribution < 1.29 is 23.1 Å². The summed E-state index contributed by atoms with van der Waals surface area (Å²) in [5, 5.41) is 18.4. The first kappa shape index (κ1) is 23.6. The molecule has 2 unspecified atom stereocenters. The number of alkyl halides is 3. The summed E-state index contributed by atoms with van der Waals surface area (Å²) in [6.45, 7) is 10.2. The number of halogens is 3. The summed E-state index contributed by atoms with van der Waals surface area (Å²) in [7, 11) is 1.83. The Kier molecular flexibility index (Phi) is 5.92. The van der Waals surface area contributed by atoms with E-state index in [4.69, 9.17) is 0 Å². The monoisotopic (exact) mass is 458 g/mol. The van der Waals surface area contributed by atoms with E-state index in [1.807, 2.05) is 46.2 Å². The van der Waals surface area contributed by atoms with E-state index in [2.05, 4.69) is 10.2 Å². The average molecular weight is 459 g/mol. The smallest absolute Gasteiger partial charge is 0.425 e. The maximum atomic E-state index is 13.1. The van der Waals surface area contributed by atoms with Crippen LogP contribution in [0.3, 0.4) is 0 Å². The highest BCUT2D eigenvalue weighted by Gasteiger charge is 2.42. The molecule has 172 valence electrons. The van der Waals surface area contributed by atoms with E-state index in [0.717, 1.165) is 23.2 Å². The van der Waals surface area contributed by atoms with Gasteiger partial charge in [-0.1, -0.05) is 20.8 Å². The van der Waals surface area contributed by atoms with E-state index in [-0.39, 0.29) is 17.4 Å². The number of rotatable bonds is 3. The van der Waals surface area contributed by atoms with Crippen molar-refractivity contribution >= 4 is 17.4 Å². The van der Waals surface area contributed by atoms with E-state index in [1.54, 1.807) is 0 Å². The molecule has 0 aliphatic carbocycles. The maximum Gasteiger partial charge on any atom is 0.425 e. The van der Waals surface area contributed by atoms with Crippen LogP contribution in [-0.2, 0) is 18.6 Å². The van der Waals surface area contributed by atoms with Gasteiger partial charge in [-0.2, -0.15) is 13.2 Å². The van der Waals surface area contributed by atoms with Gasteiger partial charge in [0.25, 0.3) is 0 Å². The van der Waals surface area contributed by atoms with Crippen LogP contribution in [0.4, 0.5) is 18.0 Å². The predicted octanol–water partition coefficient (Wildman–Crippen LogP) is 5.49. The molecular formula is C21H29F3N4O2S. The number of likely N-dealkylation sites (tertiary alicyclic amines) is 1. The first-order valence-electron chi connectivity index (χ1n) is 10.2. The van der Waals surface area contributed by atoms with Crippen LogP contribution in [0.15, 0.2) is 12.1 Å². The molecule has 1 aliphatic heterocycles. The number of aromatic nitrogens is 3. The molecule has 0 aromatic carbocycles. The van der Waals surface area contributed by atoms with Gasteiger partial charge >= 0.3 is 12.3 Å². The third-order valence-corrected chi connectivity index (χ3v) is 7.64. The highest BCUT2D eigenvalue weighted by Crippen LogP contribution is 2.42. The Hall–Kier alpha value is -2.10. The van der Waals surface area contributed by atoms with Gasteiger partial charge in [0.05, 0.1) is 5.41 Å². The number of nitrogens with zero attached hydrogens (tertiary/aromatic N) is 4. The van der Waals surface area contributed by atoms with E-state index in [0.29, 0.717) is 30.1 Å². The fourth-order valence-corrected chi connectivity index (χ4v) is 5.40. The predicted molar refractivity (Wildman–Crippen MR) is 112 cm³/mol. The van der Waals surface area contributed by atoms with Gasteiger partial charge in [0, 0.05) is 30.4 Å². The zero-order chi connectivity index (χ0) is 23.4. The number of thiophene rings is 1. The molecule has 1 fully saturated rings. The molecule has 10 heteroatoms. The molecule has 3 rings (SSSR count). The van der Waals surface area contributed by atoms with Gasteiger partial charge in [0.2, 0.25) is 0 Å². The van der Waals surface area contributed by atoms with Crippen LogP contribution in [0.2, 0.25) is 0 Å². The average Bonchev–Trinajstić information content (AvgIpc) is 3.28. The second kappa shape index (κ2) is 7.79. The maximum absolute atomic E-state index is 13.1. The molecule has 2 aromatic heterocycles. The molecule has 3 heterocycles. The highest BCUT2D eigenvalue weighted by molar-refractivity contribution is 7.12. The normalized spacial score (nSPS) is 20.9. The summed E-state index contributed by atoms with van der Waals surface area (Å²) in [6, 6.07) is 2.45. The summed E-state index contributed by atoms with van der Waals surface area (Å²) < 4.78 is 41.1. The van der Waals surface area contributed by atoms with E-state index >= 15 is 0 Å². The van der Waals surface area contributed by atoms with Gasteiger partial charge in [0.1, 0.15) is 16.5 Å². The number of carbonyl (C=O) groups is 1. The van der Waals surface area contributed by atoms with Crippen LogP contribution in [0.5, 0.6) is 0 Å². The standard InChI is InChI=1S/C21H29F3N4O2S/c1-19(2,3)13-11-12(9-10-28(13)18(29)30)16-25-26-17(27(16)6)20(4,5)14-7-8-15(31-14)21(22,23)24/h7-8,12-13H,9-11H2,1-6H3,(H,29,30). The van der Waals surface area contributed by atoms with Crippen LogP contribution >= 0.6 is 11.3 Å². The Balaban J connectivity index is 1.91. The molecule has 1 amide bonds. The number of hydrogen-bond donors (Lipinski definition) is 1. The summed E-state index contributed by atoms with van der Waals surface area (Å²) in [5.41, 5.74) is -0.984. The molecule has 0 bridgehead atoms. The van der Waals surface area contributed by atoms with E-state index in [9.17, 15) is 23.1 Å². The molecular weight excluding hydrogens is 429 g/mol. The molecule has 0 spiro atoms. The minimum atomic E-state index is -4.37. The molecule has 1 aliphatic rings. The number of hydrogen-bond acceptors (Lipinski definition) is 4. The van der Waals surface area contributed by atoms with Gasteiger partial charge in [-0.15, -0.1) is 21.5 Å². The Morgan fingerprint density at radius 3 is 2.26 bits per heavy atom. The topological polar surface area (TPSA) is 71.2 Å². The van der Waals surface area contributed by atoms with Gasteiger partial charge in [0.15, 0.2) is 0 Å². The number of carboxylic acid groups (broad SMARTS) is 1. The van der Waals surface area contributed by atoms with Crippen molar-refractivity contribution in [1.82, 2.24) is 19.7 Å². The van der Waals surface area contributed by atoms with Crippen LogP contribution in [0, 0.1) is 5.41 Å². The third-order valence-electron chi connectivity index (χ3n) is 6.18. The lowest BCUT2D eigenvalue weighted by Crippen LogP contribution is -2.51.